The van der Waals surface area contributed by atoms with Gasteiger partial charge < -0.3 is 15.0 Å². The average Bonchev–Trinajstić information content (AvgIpc) is 3.26. The van der Waals surface area contributed by atoms with Gasteiger partial charge in [-0.1, -0.05) is 52.9 Å². The molecule has 0 spiro atoms. The van der Waals surface area contributed by atoms with Crippen molar-refractivity contribution in [1.29, 1.82) is 0 Å². The van der Waals surface area contributed by atoms with Crippen molar-refractivity contribution in [2.75, 3.05) is 44.4 Å². The molecule has 9 heteroatoms. The summed E-state index contributed by atoms with van der Waals surface area (Å²) in [5.41, 5.74) is 3.53. The Labute approximate surface area is 196 Å². The fraction of sp³-hybridized carbons (Fsp3) is 0.348. The van der Waals surface area contributed by atoms with Gasteiger partial charge in [0.15, 0.2) is 4.34 Å². The van der Waals surface area contributed by atoms with Crippen LogP contribution in [-0.4, -0.2) is 64.9 Å². The Hall–Kier alpha value is -2.62. The van der Waals surface area contributed by atoms with Crippen LogP contribution in [0.5, 0.6) is 5.75 Å². The van der Waals surface area contributed by atoms with E-state index in [-0.39, 0.29) is 5.91 Å². The molecule has 1 aliphatic heterocycles. The van der Waals surface area contributed by atoms with Gasteiger partial charge in [-0.15, -0.1) is 10.2 Å². The maximum absolute atomic E-state index is 12.7. The second-order valence-corrected chi connectivity index (χ2v) is 9.86. The molecule has 1 N–H and O–H groups in total. The molecular formula is C23H27N5O2S2. The smallest absolute Gasteiger partial charge is 0.233 e. The second-order valence-electron chi connectivity index (χ2n) is 7.66. The minimum Gasteiger partial charge on any atom is -0.497 e. The number of thioether (sulfide) groups is 1. The third kappa shape index (κ3) is 6.21. The summed E-state index contributed by atoms with van der Waals surface area (Å²) in [4.78, 5) is 17.0. The van der Waals surface area contributed by atoms with Crippen LogP contribution in [0.3, 0.4) is 0 Å². The highest BCUT2D eigenvalue weighted by Gasteiger charge is 2.21. The number of carbonyl (C=O) groups excluding carboxylic acids is 1. The van der Waals surface area contributed by atoms with Crippen molar-refractivity contribution in [3.05, 3.63) is 59.7 Å². The Morgan fingerprint density at radius 1 is 1.12 bits per heavy atom. The number of amides is 1. The lowest BCUT2D eigenvalue weighted by molar-refractivity contribution is -0.130. The first kappa shape index (κ1) is 22.6. The van der Waals surface area contributed by atoms with Gasteiger partial charge in [0.25, 0.3) is 0 Å². The number of aryl methyl sites for hydroxylation is 1. The van der Waals surface area contributed by atoms with Crippen LogP contribution in [0.15, 0.2) is 52.9 Å². The summed E-state index contributed by atoms with van der Waals surface area (Å²) in [5, 5.41) is 12.3. The zero-order chi connectivity index (χ0) is 22.3. The van der Waals surface area contributed by atoms with Gasteiger partial charge in [0, 0.05) is 38.4 Å². The number of aromatic nitrogens is 2. The SMILES string of the molecule is COc1ccc(Nc2nnc(SCC(=O)N3CCN(Cc4cccc(C)c4)CC3)s2)cc1. The lowest BCUT2D eigenvalue weighted by Gasteiger charge is -2.34. The largest absolute Gasteiger partial charge is 0.497 e. The van der Waals surface area contributed by atoms with Gasteiger partial charge in [-0.25, -0.2) is 0 Å². The molecule has 0 saturated carbocycles. The predicted molar refractivity (Wildman–Crippen MR) is 130 cm³/mol. The lowest BCUT2D eigenvalue weighted by atomic mass is 10.1. The van der Waals surface area contributed by atoms with Crippen LogP contribution in [-0.2, 0) is 11.3 Å². The van der Waals surface area contributed by atoms with Crippen LogP contribution in [0.1, 0.15) is 11.1 Å². The number of hydrogen-bond donors (Lipinski definition) is 1. The number of benzene rings is 2. The molecule has 3 aromatic rings. The van der Waals surface area contributed by atoms with Crippen LogP contribution in [0.2, 0.25) is 0 Å². The Morgan fingerprint density at radius 2 is 1.91 bits per heavy atom. The van der Waals surface area contributed by atoms with E-state index in [2.05, 4.69) is 51.6 Å². The number of ether oxygens (including phenoxy) is 1. The Morgan fingerprint density at radius 3 is 2.62 bits per heavy atom. The third-order valence-corrected chi connectivity index (χ3v) is 7.24. The van der Waals surface area contributed by atoms with E-state index in [1.165, 1.54) is 34.2 Å². The molecule has 1 fully saturated rings. The van der Waals surface area contributed by atoms with Crippen LogP contribution >= 0.6 is 23.1 Å². The number of methoxy groups -OCH3 is 1. The molecule has 7 nitrogen and oxygen atoms in total. The van der Waals surface area contributed by atoms with Gasteiger partial charge in [-0.05, 0) is 36.8 Å². The van der Waals surface area contributed by atoms with E-state index in [0.717, 1.165) is 48.5 Å². The van der Waals surface area contributed by atoms with E-state index < -0.39 is 0 Å². The number of nitrogens with zero attached hydrogens (tertiary/aromatic N) is 4. The molecule has 1 aliphatic rings. The van der Waals surface area contributed by atoms with Crippen molar-refractivity contribution in [2.45, 2.75) is 17.8 Å². The van der Waals surface area contributed by atoms with Crippen LogP contribution in [0.4, 0.5) is 10.8 Å². The van der Waals surface area contributed by atoms with Gasteiger partial charge in [0.05, 0.1) is 12.9 Å². The zero-order valence-corrected chi connectivity index (χ0v) is 19.9. The van der Waals surface area contributed by atoms with Crippen molar-refractivity contribution in [2.24, 2.45) is 0 Å². The fourth-order valence-corrected chi connectivity index (χ4v) is 5.23. The Bertz CT molecular complexity index is 1030. The van der Waals surface area contributed by atoms with Crippen molar-refractivity contribution in [3.63, 3.8) is 0 Å². The number of rotatable bonds is 8. The number of piperazine rings is 1. The topological polar surface area (TPSA) is 70.6 Å². The molecule has 0 radical (unpaired) electrons. The van der Waals surface area contributed by atoms with E-state index in [0.29, 0.717) is 10.9 Å². The molecule has 4 rings (SSSR count). The average molecular weight is 470 g/mol. The standard InChI is InChI=1S/C23H27N5O2S2/c1-17-4-3-5-18(14-17)15-27-10-12-28(13-11-27)21(29)16-31-23-26-25-22(32-23)24-19-6-8-20(30-2)9-7-19/h3-9,14H,10-13,15-16H2,1-2H3,(H,24,25). The monoisotopic (exact) mass is 469 g/mol. The highest BCUT2D eigenvalue weighted by atomic mass is 32.2. The number of anilines is 2. The van der Waals surface area contributed by atoms with Gasteiger partial charge in [0.1, 0.15) is 5.75 Å². The maximum atomic E-state index is 12.7. The highest BCUT2D eigenvalue weighted by molar-refractivity contribution is 8.01. The lowest BCUT2D eigenvalue weighted by Crippen LogP contribution is -2.48. The maximum Gasteiger partial charge on any atom is 0.233 e. The van der Waals surface area contributed by atoms with E-state index in [1.807, 2.05) is 29.2 Å². The molecule has 0 aliphatic carbocycles. The number of nitrogens with one attached hydrogen (secondary N) is 1. The van der Waals surface area contributed by atoms with Crippen molar-refractivity contribution in [1.82, 2.24) is 20.0 Å². The summed E-state index contributed by atoms with van der Waals surface area (Å²) < 4.78 is 5.95. The van der Waals surface area contributed by atoms with E-state index in [9.17, 15) is 4.79 Å². The predicted octanol–water partition coefficient (Wildman–Crippen LogP) is 4.04. The third-order valence-electron chi connectivity index (χ3n) is 5.28. The van der Waals surface area contributed by atoms with Crippen molar-refractivity contribution < 1.29 is 9.53 Å². The first-order chi connectivity index (χ1) is 15.6. The van der Waals surface area contributed by atoms with Crippen LogP contribution in [0, 0.1) is 6.92 Å². The summed E-state index contributed by atoms with van der Waals surface area (Å²) in [6.45, 7) is 6.40. The Kier molecular flexibility index (Phi) is 7.62. The van der Waals surface area contributed by atoms with Crippen LogP contribution in [0.25, 0.3) is 0 Å². The first-order valence-corrected chi connectivity index (χ1v) is 12.3. The fourth-order valence-electron chi connectivity index (χ4n) is 3.56. The molecule has 32 heavy (non-hydrogen) atoms. The van der Waals surface area contributed by atoms with Crippen LogP contribution < -0.4 is 10.1 Å². The highest BCUT2D eigenvalue weighted by Crippen LogP contribution is 2.28. The van der Waals surface area contributed by atoms with E-state index in [1.54, 1.807) is 7.11 Å². The Balaban J connectivity index is 1.20. The van der Waals surface area contributed by atoms with Crippen molar-refractivity contribution in [3.8, 4) is 5.75 Å². The first-order valence-electron chi connectivity index (χ1n) is 10.5. The molecule has 1 amide bonds. The minimum absolute atomic E-state index is 0.157. The summed E-state index contributed by atoms with van der Waals surface area (Å²) >= 11 is 2.89. The molecule has 168 valence electrons. The molecular weight excluding hydrogens is 442 g/mol. The summed E-state index contributed by atoms with van der Waals surface area (Å²) in [7, 11) is 1.64. The van der Waals surface area contributed by atoms with Gasteiger partial charge in [0.2, 0.25) is 11.0 Å². The normalized spacial score (nSPS) is 14.4. The van der Waals surface area contributed by atoms with Crippen molar-refractivity contribution >= 4 is 39.8 Å². The quantitative estimate of drug-likeness (QED) is 0.499. The molecule has 0 unspecified atom stereocenters. The molecule has 1 saturated heterocycles. The molecule has 0 bridgehead atoms. The summed E-state index contributed by atoms with van der Waals surface area (Å²) in [6, 6.07) is 16.2. The van der Waals surface area contributed by atoms with Gasteiger partial charge >= 0.3 is 0 Å². The number of hydrogen-bond acceptors (Lipinski definition) is 8. The molecule has 0 atom stereocenters. The summed E-state index contributed by atoms with van der Waals surface area (Å²) in [6.07, 6.45) is 0. The summed E-state index contributed by atoms with van der Waals surface area (Å²) in [5.74, 6) is 1.35. The second kappa shape index (κ2) is 10.8. The minimum atomic E-state index is 0.157. The zero-order valence-electron chi connectivity index (χ0n) is 18.3. The molecule has 2 aromatic carbocycles. The number of carbonyl (C=O) groups is 1. The molecule has 1 aromatic heterocycles. The van der Waals surface area contributed by atoms with Gasteiger partial charge in [-0.2, -0.15) is 0 Å². The van der Waals surface area contributed by atoms with E-state index in [4.69, 9.17) is 4.74 Å². The van der Waals surface area contributed by atoms with Gasteiger partial charge in [-0.3, -0.25) is 9.69 Å². The molecule has 2 heterocycles. The van der Waals surface area contributed by atoms with E-state index >= 15 is 0 Å².